The van der Waals surface area contributed by atoms with Gasteiger partial charge >= 0.3 is 0 Å². The molecule has 0 fully saturated rings. The molecule has 2 aromatic heterocycles. The largest absolute Gasteiger partial charge is 0.465 e. The van der Waals surface area contributed by atoms with Gasteiger partial charge in [-0.1, -0.05) is 0 Å². The number of rotatable bonds is 5. The maximum Gasteiger partial charge on any atom is 0.244 e. The van der Waals surface area contributed by atoms with Crippen LogP contribution in [0.5, 0.6) is 0 Å². The van der Waals surface area contributed by atoms with Crippen LogP contribution in [0.4, 0.5) is 0 Å². The molecule has 2 rings (SSSR count). The maximum absolute atomic E-state index is 12.4. The second kappa shape index (κ2) is 5.65. The molecule has 2 aromatic rings. The van der Waals surface area contributed by atoms with Gasteiger partial charge < -0.3 is 10.2 Å². The molecule has 20 heavy (non-hydrogen) atoms. The topological polar surface area (TPSA) is 98.2 Å². The molecular weight excluding hydrogens is 298 g/mol. The van der Waals surface area contributed by atoms with Gasteiger partial charge in [0.05, 0.1) is 11.2 Å². The molecule has 2 heterocycles. The molecule has 8 heteroatoms. The van der Waals surface area contributed by atoms with E-state index in [9.17, 15) is 8.42 Å². The van der Waals surface area contributed by atoms with Crippen LogP contribution in [0.3, 0.4) is 0 Å². The molecule has 0 aliphatic heterocycles. The lowest BCUT2D eigenvalue weighted by Gasteiger charge is -2.07. The maximum atomic E-state index is 12.4. The number of nitrogens with zero attached hydrogens (tertiary/aromatic N) is 1. The van der Waals surface area contributed by atoms with Gasteiger partial charge in [-0.2, -0.15) is 0 Å². The molecule has 0 saturated carbocycles. The van der Waals surface area contributed by atoms with Crippen LogP contribution >= 0.6 is 11.3 Å². The van der Waals surface area contributed by atoms with Gasteiger partial charge in [-0.15, -0.1) is 11.3 Å². The van der Waals surface area contributed by atoms with E-state index in [1.54, 1.807) is 19.4 Å². The third-order valence-electron chi connectivity index (χ3n) is 3.07. The van der Waals surface area contributed by atoms with E-state index in [1.165, 1.54) is 11.3 Å². The highest BCUT2D eigenvalue weighted by molar-refractivity contribution is 7.89. The van der Waals surface area contributed by atoms with E-state index >= 15 is 0 Å². The van der Waals surface area contributed by atoms with E-state index in [0.717, 1.165) is 10.6 Å². The average molecular weight is 315 g/mol. The van der Waals surface area contributed by atoms with Crippen LogP contribution in [0.1, 0.15) is 27.7 Å². The van der Waals surface area contributed by atoms with E-state index in [-0.39, 0.29) is 18.0 Å². The number of furan rings is 1. The minimum absolute atomic E-state index is 0.124. The summed E-state index contributed by atoms with van der Waals surface area (Å²) in [7, 11) is -3.65. The molecule has 0 bridgehead atoms. The van der Waals surface area contributed by atoms with Crippen molar-refractivity contribution >= 4 is 21.4 Å². The zero-order valence-corrected chi connectivity index (χ0v) is 13.2. The van der Waals surface area contributed by atoms with E-state index in [0.29, 0.717) is 17.1 Å². The van der Waals surface area contributed by atoms with Crippen LogP contribution in [-0.2, 0) is 23.1 Å². The Balaban J connectivity index is 2.29. The summed E-state index contributed by atoms with van der Waals surface area (Å²) in [5, 5.41) is 0. The number of nitrogens with one attached hydrogen (secondary N) is 1. The second-order valence-electron chi connectivity index (χ2n) is 4.41. The number of hydrogen-bond donors (Lipinski definition) is 2. The van der Waals surface area contributed by atoms with Crippen molar-refractivity contribution < 1.29 is 12.8 Å². The lowest BCUT2D eigenvalue weighted by molar-refractivity contribution is 0.494. The molecule has 0 aromatic carbocycles. The highest BCUT2D eigenvalue weighted by Crippen LogP contribution is 2.26. The summed E-state index contributed by atoms with van der Waals surface area (Å²) in [5.74, 6) is 0.899. The Kier molecular flexibility index (Phi) is 4.28. The SMILES string of the molecule is Cc1ncsc1CNS(=O)(=O)c1c(C)oc(C)c1CN. The second-order valence-corrected chi connectivity index (χ2v) is 7.05. The van der Waals surface area contributed by atoms with Gasteiger partial charge in [0.15, 0.2) is 0 Å². The zero-order valence-electron chi connectivity index (χ0n) is 11.6. The third-order valence-corrected chi connectivity index (χ3v) is 5.60. The first kappa shape index (κ1) is 15.2. The Morgan fingerprint density at radius 1 is 1.35 bits per heavy atom. The van der Waals surface area contributed by atoms with Gasteiger partial charge in [-0.05, 0) is 20.8 Å². The number of sulfonamides is 1. The van der Waals surface area contributed by atoms with Gasteiger partial charge in [0.2, 0.25) is 10.0 Å². The molecule has 0 atom stereocenters. The summed E-state index contributed by atoms with van der Waals surface area (Å²) in [6.07, 6.45) is 0. The van der Waals surface area contributed by atoms with Gasteiger partial charge in [-0.3, -0.25) is 0 Å². The molecule has 3 N–H and O–H groups in total. The lowest BCUT2D eigenvalue weighted by atomic mass is 10.2. The quantitative estimate of drug-likeness (QED) is 0.873. The lowest BCUT2D eigenvalue weighted by Crippen LogP contribution is -2.25. The van der Waals surface area contributed by atoms with Gasteiger partial charge in [-0.25, -0.2) is 18.1 Å². The van der Waals surface area contributed by atoms with Crippen LogP contribution in [0.15, 0.2) is 14.8 Å². The fourth-order valence-corrected chi connectivity index (χ4v) is 4.28. The number of nitrogens with two attached hydrogens (primary N) is 1. The molecule has 0 unspecified atom stereocenters. The van der Waals surface area contributed by atoms with Crippen molar-refractivity contribution in [2.75, 3.05) is 0 Å². The normalized spacial score (nSPS) is 12.0. The molecule has 0 radical (unpaired) electrons. The summed E-state index contributed by atoms with van der Waals surface area (Å²) in [6.45, 7) is 5.52. The number of aromatic nitrogens is 1. The van der Waals surface area contributed by atoms with Crippen molar-refractivity contribution in [3.05, 3.63) is 33.2 Å². The van der Waals surface area contributed by atoms with E-state index in [2.05, 4.69) is 9.71 Å². The molecule has 0 aliphatic rings. The first-order chi connectivity index (χ1) is 9.36. The van der Waals surface area contributed by atoms with Gasteiger partial charge in [0, 0.05) is 23.5 Å². The molecule has 110 valence electrons. The summed E-state index contributed by atoms with van der Waals surface area (Å²) in [4.78, 5) is 5.13. The summed E-state index contributed by atoms with van der Waals surface area (Å²) in [5.41, 5.74) is 8.66. The van der Waals surface area contributed by atoms with Gasteiger partial charge in [0.25, 0.3) is 0 Å². The van der Waals surface area contributed by atoms with Crippen molar-refractivity contribution in [2.24, 2.45) is 5.73 Å². The van der Waals surface area contributed by atoms with Crippen molar-refractivity contribution in [3.63, 3.8) is 0 Å². The minimum Gasteiger partial charge on any atom is -0.465 e. The van der Waals surface area contributed by atoms with E-state index in [4.69, 9.17) is 10.2 Å². The molecular formula is C12H17N3O3S2. The Bertz CT molecular complexity index is 716. The Morgan fingerprint density at radius 3 is 2.60 bits per heavy atom. The Hall–Kier alpha value is -1.22. The first-order valence-corrected chi connectivity index (χ1v) is 8.40. The van der Waals surface area contributed by atoms with Crippen molar-refractivity contribution in [2.45, 2.75) is 38.8 Å². The van der Waals surface area contributed by atoms with Crippen LogP contribution in [-0.4, -0.2) is 13.4 Å². The van der Waals surface area contributed by atoms with Gasteiger partial charge in [0.1, 0.15) is 16.4 Å². The predicted molar refractivity (Wildman–Crippen MR) is 76.9 cm³/mol. The highest BCUT2D eigenvalue weighted by Gasteiger charge is 2.26. The molecule has 0 saturated heterocycles. The van der Waals surface area contributed by atoms with Crippen LogP contribution in [0.2, 0.25) is 0 Å². The summed E-state index contributed by atoms with van der Waals surface area (Å²) in [6, 6.07) is 0. The smallest absolute Gasteiger partial charge is 0.244 e. The number of aryl methyl sites for hydroxylation is 3. The third kappa shape index (κ3) is 2.78. The first-order valence-electron chi connectivity index (χ1n) is 6.04. The molecule has 0 spiro atoms. The van der Waals surface area contributed by atoms with Crippen molar-refractivity contribution in [3.8, 4) is 0 Å². The Labute approximate surface area is 122 Å². The average Bonchev–Trinajstić information content (AvgIpc) is 2.90. The van der Waals surface area contributed by atoms with E-state index < -0.39 is 10.0 Å². The molecule has 0 amide bonds. The van der Waals surface area contributed by atoms with Crippen molar-refractivity contribution in [1.29, 1.82) is 0 Å². The fourth-order valence-electron chi connectivity index (χ4n) is 2.03. The van der Waals surface area contributed by atoms with E-state index in [1.807, 2.05) is 6.92 Å². The van der Waals surface area contributed by atoms with Crippen LogP contribution < -0.4 is 10.5 Å². The Morgan fingerprint density at radius 2 is 2.05 bits per heavy atom. The summed E-state index contributed by atoms with van der Waals surface area (Å²) < 4.78 is 32.8. The molecule has 0 aliphatic carbocycles. The summed E-state index contributed by atoms with van der Waals surface area (Å²) >= 11 is 1.42. The standard InChI is InChI=1S/C12H17N3O3S2/c1-7-11(19-6-14-7)5-15-20(16,17)12-9(3)18-8(2)10(12)4-13/h6,15H,4-5,13H2,1-3H3. The minimum atomic E-state index is -3.65. The van der Waals surface area contributed by atoms with Crippen LogP contribution in [0.25, 0.3) is 0 Å². The molecule has 6 nitrogen and oxygen atoms in total. The number of thiazole rings is 1. The highest BCUT2D eigenvalue weighted by atomic mass is 32.2. The fraction of sp³-hybridized carbons (Fsp3) is 0.417. The zero-order chi connectivity index (χ0) is 14.9. The predicted octanol–water partition coefficient (Wildman–Crippen LogP) is 1.60. The van der Waals surface area contributed by atoms with Crippen molar-refractivity contribution in [1.82, 2.24) is 9.71 Å². The number of hydrogen-bond acceptors (Lipinski definition) is 6. The van der Waals surface area contributed by atoms with Crippen LogP contribution in [0, 0.1) is 20.8 Å². The monoisotopic (exact) mass is 315 g/mol.